The van der Waals surface area contributed by atoms with Crippen LogP contribution in [0.5, 0.6) is 5.75 Å². The predicted molar refractivity (Wildman–Crippen MR) is 111 cm³/mol. The third-order valence-electron chi connectivity index (χ3n) is 5.71. The Balaban J connectivity index is 1.99. The molecule has 0 amide bonds. The number of aryl methyl sites for hydroxylation is 1. The average Bonchev–Trinajstić information content (AvgIpc) is 2.72. The molecule has 0 radical (unpaired) electrons. The lowest BCUT2D eigenvalue weighted by atomic mass is 9.84. The first-order chi connectivity index (χ1) is 13.7. The summed E-state index contributed by atoms with van der Waals surface area (Å²) >= 11 is 0. The molecule has 0 spiro atoms. The third kappa shape index (κ3) is 4.16. The van der Waals surface area contributed by atoms with E-state index < -0.39 is 27.6 Å². The molecule has 6 nitrogen and oxygen atoms in total. The number of carbonyl (C=O) groups excluding carboxylic acids is 1. The number of ether oxygens (including phenoxy) is 2. The van der Waals surface area contributed by atoms with Crippen molar-refractivity contribution < 1.29 is 22.7 Å². The number of rotatable bonds is 6. The maximum Gasteiger partial charge on any atom is 0.338 e. The van der Waals surface area contributed by atoms with Crippen molar-refractivity contribution in [2.24, 2.45) is 0 Å². The number of nitrogens with one attached hydrogen (secondary N) is 1. The molecule has 1 unspecified atom stereocenters. The van der Waals surface area contributed by atoms with Gasteiger partial charge in [-0.2, -0.15) is 0 Å². The van der Waals surface area contributed by atoms with Gasteiger partial charge in [-0.25, -0.2) is 17.9 Å². The standard InChI is InChI=1S/C22H27NO5S/c1-5-22(6-2)14-19(17-9-7-8-10-20(17)28-22)23-29(25,26)16-12-11-15(3)18(13-16)21(24)27-4/h7-13,19,23H,5-6,14H2,1-4H3. The average molecular weight is 418 g/mol. The fourth-order valence-electron chi connectivity index (χ4n) is 3.76. The zero-order valence-corrected chi connectivity index (χ0v) is 18.0. The van der Waals surface area contributed by atoms with E-state index in [1.54, 1.807) is 13.0 Å². The predicted octanol–water partition coefficient (Wildman–Crippen LogP) is 4.14. The summed E-state index contributed by atoms with van der Waals surface area (Å²) in [5.41, 5.74) is 1.28. The number of carbonyl (C=O) groups is 1. The smallest absolute Gasteiger partial charge is 0.338 e. The highest BCUT2D eigenvalue weighted by Crippen LogP contribution is 2.43. The van der Waals surface area contributed by atoms with Crippen LogP contribution in [0.4, 0.5) is 0 Å². The van der Waals surface area contributed by atoms with Crippen molar-refractivity contribution in [1.29, 1.82) is 0 Å². The fraction of sp³-hybridized carbons (Fsp3) is 0.409. The summed E-state index contributed by atoms with van der Waals surface area (Å²) in [6, 6.07) is 11.6. The molecule has 0 aliphatic carbocycles. The van der Waals surface area contributed by atoms with Crippen molar-refractivity contribution in [2.75, 3.05) is 7.11 Å². The number of fused-ring (bicyclic) bond motifs is 1. The van der Waals surface area contributed by atoms with Gasteiger partial charge in [0, 0.05) is 12.0 Å². The van der Waals surface area contributed by atoms with Crippen LogP contribution in [0.1, 0.15) is 60.6 Å². The Morgan fingerprint density at radius 1 is 1.21 bits per heavy atom. The number of para-hydroxylation sites is 1. The van der Waals surface area contributed by atoms with Gasteiger partial charge >= 0.3 is 5.97 Å². The van der Waals surface area contributed by atoms with E-state index in [-0.39, 0.29) is 10.5 Å². The van der Waals surface area contributed by atoms with Crippen LogP contribution in [0.15, 0.2) is 47.4 Å². The lowest BCUT2D eigenvalue weighted by molar-refractivity contribution is 0.0260. The zero-order chi connectivity index (χ0) is 21.2. The molecule has 0 bridgehead atoms. The summed E-state index contributed by atoms with van der Waals surface area (Å²) in [5.74, 6) is 0.140. The van der Waals surface area contributed by atoms with E-state index in [9.17, 15) is 13.2 Å². The fourth-order valence-corrected chi connectivity index (χ4v) is 5.00. The van der Waals surface area contributed by atoms with Gasteiger partial charge in [0.2, 0.25) is 10.0 Å². The molecule has 0 saturated heterocycles. The summed E-state index contributed by atoms with van der Waals surface area (Å²) in [5, 5.41) is 0. The number of benzene rings is 2. The minimum Gasteiger partial charge on any atom is -0.487 e. The number of hydrogen-bond acceptors (Lipinski definition) is 5. The quantitative estimate of drug-likeness (QED) is 0.715. The van der Waals surface area contributed by atoms with Gasteiger partial charge in [-0.1, -0.05) is 38.1 Å². The number of methoxy groups -OCH3 is 1. The Hall–Kier alpha value is -2.38. The SMILES string of the molecule is CCC1(CC)CC(NS(=O)(=O)c2ccc(C)c(C(=O)OC)c2)c2ccccc2O1. The molecule has 1 aliphatic rings. The first kappa shape index (κ1) is 21.3. The second kappa shape index (κ2) is 8.16. The molecule has 7 heteroatoms. The van der Waals surface area contributed by atoms with Crippen LogP contribution in [-0.2, 0) is 14.8 Å². The maximum atomic E-state index is 13.2. The van der Waals surface area contributed by atoms with Crippen molar-refractivity contribution in [3.05, 3.63) is 59.2 Å². The van der Waals surface area contributed by atoms with Crippen molar-refractivity contribution in [3.63, 3.8) is 0 Å². The zero-order valence-electron chi connectivity index (χ0n) is 17.2. The molecule has 1 heterocycles. The molecule has 0 saturated carbocycles. The van der Waals surface area contributed by atoms with Crippen molar-refractivity contribution in [3.8, 4) is 5.75 Å². The summed E-state index contributed by atoms with van der Waals surface area (Å²) < 4.78 is 40.2. The van der Waals surface area contributed by atoms with Crippen LogP contribution >= 0.6 is 0 Å². The number of hydrogen-bond donors (Lipinski definition) is 1. The van der Waals surface area contributed by atoms with Crippen molar-refractivity contribution >= 4 is 16.0 Å². The highest BCUT2D eigenvalue weighted by atomic mass is 32.2. The minimum absolute atomic E-state index is 0.0334. The molecule has 0 aromatic heterocycles. The molecule has 3 rings (SSSR count). The van der Waals surface area contributed by atoms with Crippen LogP contribution in [0, 0.1) is 6.92 Å². The largest absolute Gasteiger partial charge is 0.487 e. The number of sulfonamides is 1. The van der Waals surface area contributed by atoms with Crippen molar-refractivity contribution in [1.82, 2.24) is 4.72 Å². The summed E-state index contributed by atoms with van der Waals surface area (Å²) in [6.07, 6.45) is 2.08. The molecule has 0 fully saturated rings. The highest BCUT2D eigenvalue weighted by Gasteiger charge is 2.40. The van der Waals surface area contributed by atoms with Crippen molar-refractivity contribution in [2.45, 2.75) is 56.6 Å². The Morgan fingerprint density at radius 2 is 1.90 bits per heavy atom. The Bertz CT molecular complexity index is 1010. The van der Waals surface area contributed by atoms with Gasteiger partial charge < -0.3 is 9.47 Å². The van der Waals surface area contributed by atoms with Gasteiger partial charge in [0.15, 0.2) is 0 Å². The monoisotopic (exact) mass is 417 g/mol. The molecule has 2 aromatic rings. The van der Waals surface area contributed by atoms with E-state index >= 15 is 0 Å². The first-order valence-corrected chi connectivity index (χ1v) is 11.2. The van der Waals surface area contributed by atoms with E-state index in [4.69, 9.17) is 9.47 Å². The van der Waals surface area contributed by atoms with Crippen LogP contribution in [-0.4, -0.2) is 27.1 Å². The Kier molecular flexibility index (Phi) is 6.00. The Labute approximate surface area is 172 Å². The van der Waals surface area contributed by atoms with Gasteiger partial charge in [-0.05, 0) is 43.5 Å². The molecular weight excluding hydrogens is 390 g/mol. The molecule has 1 N–H and O–H groups in total. The summed E-state index contributed by atoms with van der Waals surface area (Å²) in [7, 11) is -2.59. The summed E-state index contributed by atoms with van der Waals surface area (Å²) in [4.78, 5) is 12.0. The van der Waals surface area contributed by atoms with Crippen LogP contribution in [0.2, 0.25) is 0 Å². The van der Waals surface area contributed by atoms with Crippen LogP contribution in [0.3, 0.4) is 0 Å². The molecule has 1 atom stereocenters. The van der Waals surface area contributed by atoms with E-state index in [0.29, 0.717) is 17.7 Å². The topological polar surface area (TPSA) is 81.7 Å². The van der Waals surface area contributed by atoms with E-state index in [2.05, 4.69) is 4.72 Å². The van der Waals surface area contributed by atoms with Gasteiger partial charge in [-0.3, -0.25) is 0 Å². The van der Waals surface area contributed by atoms with Gasteiger partial charge in [0.05, 0.1) is 23.6 Å². The maximum absolute atomic E-state index is 13.2. The lowest BCUT2D eigenvalue weighted by Gasteiger charge is -2.41. The second-order valence-electron chi connectivity index (χ2n) is 7.38. The summed E-state index contributed by atoms with van der Waals surface area (Å²) in [6.45, 7) is 5.83. The van der Waals surface area contributed by atoms with Gasteiger partial charge in [-0.15, -0.1) is 0 Å². The van der Waals surface area contributed by atoms with Gasteiger partial charge in [0.1, 0.15) is 11.4 Å². The normalized spacial score (nSPS) is 17.9. The number of esters is 1. The molecular formula is C22H27NO5S. The first-order valence-electron chi connectivity index (χ1n) is 9.74. The molecule has 156 valence electrons. The molecule has 2 aromatic carbocycles. The van der Waals surface area contributed by atoms with E-state index in [1.165, 1.54) is 19.2 Å². The second-order valence-corrected chi connectivity index (χ2v) is 9.09. The Morgan fingerprint density at radius 3 is 2.55 bits per heavy atom. The van der Waals surface area contributed by atoms with E-state index in [1.807, 2.05) is 38.1 Å². The van der Waals surface area contributed by atoms with E-state index in [0.717, 1.165) is 18.4 Å². The third-order valence-corrected chi connectivity index (χ3v) is 7.18. The lowest BCUT2D eigenvalue weighted by Crippen LogP contribution is -2.44. The molecule has 1 aliphatic heterocycles. The van der Waals surface area contributed by atoms with Gasteiger partial charge in [0.25, 0.3) is 0 Å². The van der Waals surface area contributed by atoms with Crippen LogP contribution < -0.4 is 9.46 Å². The highest BCUT2D eigenvalue weighted by molar-refractivity contribution is 7.89. The molecule has 29 heavy (non-hydrogen) atoms. The minimum atomic E-state index is -3.86. The van der Waals surface area contributed by atoms with Crippen LogP contribution in [0.25, 0.3) is 0 Å².